The molecular formula is C16H18N6O. The third-order valence-electron chi connectivity index (χ3n) is 3.63. The predicted octanol–water partition coefficient (Wildman–Crippen LogP) is 1.38. The molecule has 7 heteroatoms. The van der Waals surface area contributed by atoms with Gasteiger partial charge in [0.2, 0.25) is 5.95 Å². The molecule has 7 nitrogen and oxygen atoms in total. The minimum Gasteiger partial charge on any atom is -0.378 e. The fourth-order valence-electron chi connectivity index (χ4n) is 2.48. The van der Waals surface area contributed by atoms with Crippen LogP contribution in [0.2, 0.25) is 0 Å². The number of rotatable bonds is 4. The van der Waals surface area contributed by atoms with E-state index in [1.165, 1.54) is 0 Å². The van der Waals surface area contributed by atoms with Crippen molar-refractivity contribution in [1.82, 2.24) is 9.97 Å². The summed E-state index contributed by atoms with van der Waals surface area (Å²) in [7, 11) is 0. The smallest absolute Gasteiger partial charge is 0.224 e. The topological polar surface area (TPSA) is 100 Å². The fourth-order valence-corrected chi connectivity index (χ4v) is 2.48. The van der Waals surface area contributed by atoms with Crippen molar-refractivity contribution in [1.29, 1.82) is 5.26 Å². The Morgan fingerprint density at radius 3 is 2.65 bits per heavy atom. The lowest BCUT2D eigenvalue weighted by Gasteiger charge is -2.28. The Kier molecular flexibility index (Phi) is 4.54. The van der Waals surface area contributed by atoms with Gasteiger partial charge in [0.05, 0.1) is 13.2 Å². The molecule has 0 spiro atoms. The molecule has 1 saturated heterocycles. The maximum atomic E-state index is 9.55. The van der Waals surface area contributed by atoms with Gasteiger partial charge in [0.15, 0.2) is 11.6 Å². The minimum absolute atomic E-state index is 0.154. The largest absolute Gasteiger partial charge is 0.378 e. The first kappa shape index (κ1) is 15.1. The van der Waals surface area contributed by atoms with E-state index in [0.717, 1.165) is 5.56 Å². The average Bonchev–Trinajstić information content (AvgIpc) is 2.61. The number of morpholine rings is 1. The zero-order chi connectivity index (χ0) is 16.1. The van der Waals surface area contributed by atoms with Gasteiger partial charge in [-0.3, -0.25) is 0 Å². The van der Waals surface area contributed by atoms with Crippen LogP contribution in [0.1, 0.15) is 11.1 Å². The van der Waals surface area contributed by atoms with Gasteiger partial charge in [-0.2, -0.15) is 15.2 Å². The maximum absolute atomic E-state index is 9.55. The molecule has 1 aromatic heterocycles. The highest BCUT2D eigenvalue weighted by Gasteiger charge is 2.20. The Morgan fingerprint density at radius 2 is 1.96 bits per heavy atom. The summed E-state index contributed by atoms with van der Waals surface area (Å²) in [4.78, 5) is 10.5. The first-order valence-corrected chi connectivity index (χ1v) is 7.46. The monoisotopic (exact) mass is 310 g/mol. The molecular weight excluding hydrogens is 292 g/mol. The number of anilines is 3. The first-order chi connectivity index (χ1) is 11.3. The van der Waals surface area contributed by atoms with Crippen LogP contribution in [0.4, 0.5) is 17.6 Å². The van der Waals surface area contributed by atoms with E-state index >= 15 is 0 Å². The van der Waals surface area contributed by atoms with Crippen LogP contribution >= 0.6 is 0 Å². The van der Waals surface area contributed by atoms with E-state index in [-0.39, 0.29) is 5.95 Å². The van der Waals surface area contributed by atoms with Gasteiger partial charge in [0.25, 0.3) is 0 Å². The second-order valence-electron chi connectivity index (χ2n) is 5.18. The summed E-state index contributed by atoms with van der Waals surface area (Å²) in [6.07, 6.45) is 0. The molecule has 0 amide bonds. The zero-order valence-corrected chi connectivity index (χ0v) is 12.7. The summed E-state index contributed by atoms with van der Waals surface area (Å²) in [6.45, 7) is 3.16. The third-order valence-corrected chi connectivity index (χ3v) is 3.63. The summed E-state index contributed by atoms with van der Waals surface area (Å²) in [5.74, 6) is 1.19. The number of aromatic nitrogens is 2. The van der Waals surface area contributed by atoms with Crippen molar-refractivity contribution in [2.24, 2.45) is 0 Å². The molecule has 0 unspecified atom stereocenters. The Hall–Kier alpha value is -2.85. The summed E-state index contributed by atoms with van der Waals surface area (Å²) >= 11 is 0. The van der Waals surface area contributed by atoms with Crippen LogP contribution in [0.25, 0.3) is 0 Å². The molecule has 0 saturated carbocycles. The molecule has 1 fully saturated rings. The molecule has 3 N–H and O–H groups in total. The van der Waals surface area contributed by atoms with Gasteiger partial charge in [0, 0.05) is 19.6 Å². The second-order valence-corrected chi connectivity index (χ2v) is 5.18. The van der Waals surface area contributed by atoms with Gasteiger partial charge in [-0.25, -0.2) is 0 Å². The summed E-state index contributed by atoms with van der Waals surface area (Å²) < 4.78 is 5.35. The van der Waals surface area contributed by atoms with Crippen LogP contribution in [-0.4, -0.2) is 36.3 Å². The number of nitrogens with one attached hydrogen (secondary N) is 1. The van der Waals surface area contributed by atoms with E-state index < -0.39 is 0 Å². The van der Waals surface area contributed by atoms with Crippen LogP contribution in [0, 0.1) is 11.3 Å². The van der Waals surface area contributed by atoms with Crippen molar-refractivity contribution in [3.63, 3.8) is 0 Å². The van der Waals surface area contributed by atoms with Crippen LogP contribution in [-0.2, 0) is 11.3 Å². The number of hydrogen-bond acceptors (Lipinski definition) is 7. The number of ether oxygens (including phenoxy) is 1. The standard InChI is InChI=1S/C16H18N6O/c17-10-13-14(19-11-12-4-2-1-3-5-12)20-16(18)21-15(13)22-6-8-23-9-7-22/h1-5H,6-9,11H2,(H3,18,19,20,21). The van der Waals surface area contributed by atoms with Gasteiger partial charge >= 0.3 is 0 Å². The highest BCUT2D eigenvalue weighted by Crippen LogP contribution is 2.25. The zero-order valence-electron chi connectivity index (χ0n) is 12.7. The Bertz CT molecular complexity index is 707. The van der Waals surface area contributed by atoms with E-state index in [1.54, 1.807) is 0 Å². The molecule has 1 aliphatic heterocycles. The van der Waals surface area contributed by atoms with Crippen molar-refractivity contribution in [3.05, 3.63) is 41.5 Å². The van der Waals surface area contributed by atoms with E-state index in [2.05, 4.69) is 21.4 Å². The molecule has 2 aromatic rings. The number of benzene rings is 1. The quantitative estimate of drug-likeness (QED) is 0.879. The van der Waals surface area contributed by atoms with Crippen LogP contribution in [0.3, 0.4) is 0 Å². The molecule has 0 atom stereocenters. The predicted molar refractivity (Wildman–Crippen MR) is 88.0 cm³/mol. The highest BCUT2D eigenvalue weighted by atomic mass is 16.5. The summed E-state index contributed by atoms with van der Waals surface area (Å²) in [6, 6.07) is 12.1. The molecule has 3 rings (SSSR count). The molecule has 0 aliphatic carbocycles. The van der Waals surface area contributed by atoms with Crippen molar-refractivity contribution in [3.8, 4) is 6.07 Å². The maximum Gasteiger partial charge on any atom is 0.224 e. The van der Waals surface area contributed by atoms with Crippen LogP contribution in [0.15, 0.2) is 30.3 Å². The van der Waals surface area contributed by atoms with E-state index in [9.17, 15) is 5.26 Å². The fraction of sp³-hybridized carbons (Fsp3) is 0.312. The minimum atomic E-state index is 0.154. The summed E-state index contributed by atoms with van der Waals surface area (Å²) in [5, 5.41) is 12.7. The van der Waals surface area contributed by atoms with Crippen molar-refractivity contribution in [2.75, 3.05) is 42.3 Å². The van der Waals surface area contributed by atoms with Crippen molar-refractivity contribution in [2.45, 2.75) is 6.54 Å². The Labute approximate surface area is 134 Å². The Morgan fingerprint density at radius 1 is 1.22 bits per heavy atom. The lowest BCUT2D eigenvalue weighted by atomic mass is 10.2. The number of hydrogen-bond donors (Lipinski definition) is 2. The lowest BCUT2D eigenvalue weighted by Crippen LogP contribution is -2.37. The molecule has 1 aromatic carbocycles. The van der Waals surface area contributed by atoms with Gasteiger partial charge in [-0.05, 0) is 5.56 Å². The number of nitrogen functional groups attached to an aromatic ring is 1. The Balaban J connectivity index is 1.87. The van der Waals surface area contributed by atoms with Crippen molar-refractivity contribution < 1.29 is 4.74 Å². The average molecular weight is 310 g/mol. The van der Waals surface area contributed by atoms with Gasteiger partial charge in [-0.15, -0.1) is 0 Å². The van der Waals surface area contributed by atoms with E-state index in [1.807, 2.05) is 35.2 Å². The van der Waals surface area contributed by atoms with Crippen molar-refractivity contribution >= 4 is 17.6 Å². The van der Waals surface area contributed by atoms with Gasteiger partial charge in [0.1, 0.15) is 11.6 Å². The normalized spacial score (nSPS) is 14.3. The third kappa shape index (κ3) is 3.49. The second kappa shape index (κ2) is 6.94. The molecule has 118 valence electrons. The van der Waals surface area contributed by atoms with Crippen LogP contribution < -0.4 is 16.0 Å². The molecule has 2 heterocycles. The molecule has 23 heavy (non-hydrogen) atoms. The number of nitriles is 1. The number of nitrogens with zero attached hydrogens (tertiary/aromatic N) is 4. The summed E-state index contributed by atoms with van der Waals surface area (Å²) in [5.41, 5.74) is 7.34. The highest BCUT2D eigenvalue weighted by molar-refractivity contribution is 5.67. The lowest BCUT2D eigenvalue weighted by molar-refractivity contribution is 0.122. The van der Waals surface area contributed by atoms with Gasteiger partial charge < -0.3 is 20.7 Å². The first-order valence-electron chi connectivity index (χ1n) is 7.46. The van der Waals surface area contributed by atoms with Crippen LogP contribution in [0.5, 0.6) is 0 Å². The van der Waals surface area contributed by atoms with E-state index in [0.29, 0.717) is 50.0 Å². The van der Waals surface area contributed by atoms with E-state index in [4.69, 9.17) is 10.5 Å². The van der Waals surface area contributed by atoms with Gasteiger partial charge in [-0.1, -0.05) is 30.3 Å². The molecule has 0 radical (unpaired) electrons. The molecule has 1 aliphatic rings. The number of nitrogens with two attached hydrogens (primary N) is 1. The molecule has 0 bridgehead atoms. The SMILES string of the molecule is N#Cc1c(NCc2ccccc2)nc(N)nc1N1CCOCC1.